The normalized spacial score (nSPS) is 23.3. The quantitative estimate of drug-likeness (QED) is 0.758. The SMILES string of the molecule is CCCN(CC)C(=O)CC1CS(=O)(=O)CCN1. The van der Waals surface area contributed by atoms with Crippen molar-refractivity contribution < 1.29 is 13.2 Å². The van der Waals surface area contributed by atoms with Gasteiger partial charge < -0.3 is 10.2 Å². The second-order valence-corrected chi connectivity index (χ2v) is 6.67. The van der Waals surface area contributed by atoms with Gasteiger partial charge in [0.15, 0.2) is 9.84 Å². The molecule has 0 aliphatic carbocycles. The molecule has 0 spiro atoms. The summed E-state index contributed by atoms with van der Waals surface area (Å²) in [5.74, 6) is 0.316. The van der Waals surface area contributed by atoms with E-state index in [4.69, 9.17) is 0 Å². The van der Waals surface area contributed by atoms with Gasteiger partial charge >= 0.3 is 0 Å². The second kappa shape index (κ2) is 6.35. The largest absolute Gasteiger partial charge is 0.343 e. The lowest BCUT2D eigenvalue weighted by Gasteiger charge is -2.26. The highest BCUT2D eigenvalue weighted by molar-refractivity contribution is 7.91. The fraction of sp³-hybridized carbons (Fsp3) is 0.909. The van der Waals surface area contributed by atoms with Crippen molar-refractivity contribution in [3.8, 4) is 0 Å². The van der Waals surface area contributed by atoms with Gasteiger partial charge in [-0.1, -0.05) is 6.92 Å². The number of hydrogen-bond donors (Lipinski definition) is 1. The van der Waals surface area contributed by atoms with Crippen molar-refractivity contribution in [2.75, 3.05) is 31.1 Å². The van der Waals surface area contributed by atoms with Gasteiger partial charge in [-0.2, -0.15) is 0 Å². The predicted molar refractivity (Wildman–Crippen MR) is 67.6 cm³/mol. The Bertz CT molecular complexity index is 354. The van der Waals surface area contributed by atoms with E-state index in [1.807, 2.05) is 13.8 Å². The molecule has 1 saturated heterocycles. The lowest BCUT2D eigenvalue weighted by Crippen LogP contribution is -2.48. The van der Waals surface area contributed by atoms with Crippen LogP contribution >= 0.6 is 0 Å². The molecule has 1 aliphatic heterocycles. The minimum Gasteiger partial charge on any atom is -0.343 e. The van der Waals surface area contributed by atoms with E-state index < -0.39 is 9.84 Å². The van der Waals surface area contributed by atoms with Gasteiger partial charge in [-0.25, -0.2) is 8.42 Å². The summed E-state index contributed by atoms with van der Waals surface area (Å²) in [4.78, 5) is 13.7. The topological polar surface area (TPSA) is 66.5 Å². The highest BCUT2D eigenvalue weighted by Gasteiger charge is 2.27. The molecule has 0 saturated carbocycles. The van der Waals surface area contributed by atoms with Gasteiger partial charge in [0.25, 0.3) is 0 Å². The Kier molecular flexibility index (Phi) is 5.39. The molecule has 0 aromatic carbocycles. The van der Waals surface area contributed by atoms with Crippen LogP contribution < -0.4 is 5.32 Å². The van der Waals surface area contributed by atoms with Gasteiger partial charge in [-0.05, 0) is 13.3 Å². The fourth-order valence-corrected chi connectivity index (χ4v) is 3.51. The molecule has 0 bridgehead atoms. The molecule has 0 radical (unpaired) electrons. The van der Waals surface area contributed by atoms with Crippen LogP contribution in [0.5, 0.6) is 0 Å². The molecule has 1 atom stereocenters. The van der Waals surface area contributed by atoms with E-state index in [0.717, 1.165) is 13.0 Å². The average Bonchev–Trinajstić information content (AvgIpc) is 2.24. The third-order valence-electron chi connectivity index (χ3n) is 2.95. The van der Waals surface area contributed by atoms with E-state index in [1.165, 1.54) is 0 Å². The van der Waals surface area contributed by atoms with Gasteiger partial charge in [0.05, 0.1) is 11.5 Å². The average molecular weight is 262 g/mol. The first-order valence-corrected chi connectivity index (χ1v) is 8.02. The van der Waals surface area contributed by atoms with Crippen LogP contribution in [0.4, 0.5) is 0 Å². The summed E-state index contributed by atoms with van der Waals surface area (Å²) < 4.78 is 22.9. The zero-order chi connectivity index (χ0) is 12.9. The predicted octanol–water partition coefficient (Wildman–Crippen LogP) is 0.0216. The van der Waals surface area contributed by atoms with Gasteiger partial charge in [0.2, 0.25) is 5.91 Å². The molecule has 1 rings (SSSR count). The number of nitrogens with one attached hydrogen (secondary N) is 1. The summed E-state index contributed by atoms with van der Waals surface area (Å²) in [7, 11) is -2.96. The number of rotatable bonds is 5. The van der Waals surface area contributed by atoms with Crippen LogP contribution in [0.2, 0.25) is 0 Å². The molecular weight excluding hydrogens is 240 g/mol. The first kappa shape index (κ1) is 14.4. The molecule has 1 heterocycles. The van der Waals surface area contributed by atoms with E-state index in [9.17, 15) is 13.2 Å². The van der Waals surface area contributed by atoms with E-state index in [-0.39, 0.29) is 29.9 Å². The molecule has 100 valence electrons. The summed E-state index contributed by atoms with van der Waals surface area (Å²) in [5, 5.41) is 3.10. The van der Waals surface area contributed by atoms with E-state index in [1.54, 1.807) is 4.90 Å². The van der Waals surface area contributed by atoms with Crippen molar-refractivity contribution in [2.24, 2.45) is 0 Å². The third kappa shape index (κ3) is 4.63. The number of sulfone groups is 1. The Morgan fingerprint density at radius 2 is 2.12 bits per heavy atom. The minimum absolute atomic E-state index is 0.0453. The molecule has 1 fully saturated rings. The third-order valence-corrected chi connectivity index (χ3v) is 4.69. The first-order valence-electron chi connectivity index (χ1n) is 6.20. The molecule has 1 unspecified atom stereocenters. The number of nitrogens with zero attached hydrogens (tertiary/aromatic N) is 1. The number of carbonyl (C=O) groups is 1. The summed E-state index contributed by atoms with van der Waals surface area (Å²) in [6.07, 6.45) is 1.21. The molecular formula is C11H22N2O3S. The Hall–Kier alpha value is -0.620. The Labute approximate surface area is 103 Å². The Balaban J connectivity index is 2.50. The molecule has 1 N–H and O–H groups in total. The monoisotopic (exact) mass is 262 g/mol. The first-order chi connectivity index (χ1) is 7.98. The molecule has 1 amide bonds. The number of carbonyl (C=O) groups excluding carboxylic acids is 1. The van der Waals surface area contributed by atoms with Gasteiger partial charge in [0, 0.05) is 32.1 Å². The van der Waals surface area contributed by atoms with Gasteiger partial charge in [0.1, 0.15) is 0 Å². The maximum Gasteiger partial charge on any atom is 0.224 e. The van der Waals surface area contributed by atoms with Crippen molar-refractivity contribution in [1.82, 2.24) is 10.2 Å². The summed E-state index contributed by atoms with van der Waals surface area (Å²) in [6, 6.07) is -0.216. The number of amides is 1. The van der Waals surface area contributed by atoms with Crippen LogP contribution in [-0.4, -0.2) is 56.4 Å². The highest BCUT2D eigenvalue weighted by atomic mass is 32.2. The zero-order valence-electron chi connectivity index (χ0n) is 10.6. The summed E-state index contributed by atoms with van der Waals surface area (Å²) in [6.45, 7) is 5.86. The van der Waals surface area contributed by atoms with E-state index >= 15 is 0 Å². The molecule has 6 heteroatoms. The van der Waals surface area contributed by atoms with Crippen molar-refractivity contribution >= 4 is 15.7 Å². The standard InChI is InChI=1S/C11H22N2O3S/c1-3-6-13(4-2)11(14)8-10-9-17(15,16)7-5-12-10/h10,12H,3-9H2,1-2H3. The Morgan fingerprint density at radius 1 is 1.41 bits per heavy atom. The lowest BCUT2D eigenvalue weighted by atomic mass is 10.2. The smallest absolute Gasteiger partial charge is 0.224 e. The van der Waals surface area contributed by atoms with Crippen LogP contribution in [-0.2, 0) is 14.6 Å². The summed E-state index contributed by atoms with van der Waals surface area (Å²) in [5.41, 5.74) is 0. The van der Waals surface area contributed by atoms with Crippen molar-refractivity contribution in [3.05, 3.63) is 0 Å². The van der Waals surface area contributed by atoms with Crippen molar-refractivity contribution in [2.45, 2.75) is 32.7 Å². The zero-order valence-corrected chi connectivity index (χ0v) is 11.4. The van der Waals surface area contributed by atoms with Crippen LogP contribution in [0, 0.1) is 0 Å². The maximum absolute atomic E-state index is 11.9. The summed E-state index contributed by atoms with van der Waals surface area (Å²) >= 11 is 0. The van der Waals surface area contributed by atoms with Gasteiger partial charge in [-0.3, -0.25) is 4.79 Å². The maximum atomic E-state index is 11.9. The number of hydrogen-bond acceptors (Lipinski definition) is 4. The molecule has 0 aromatic rings. The lowest BCUT2D eigenvalue weighted by molar-refractivity contribution is -0.131. The van der Waals surface area contributed by atoms with E-state index in [0.29, 0.717) is 13.1 Å². The molecule has 1 aliphatic rings. The molecule has 5 nitrogen and oxygen atoms in total. The Morgan fingerprint density at radius 3 is 2.65 bits per heavy atom. The van der Waals surface area contributed by atoms with Crippen LogP contribution in [0.1, 0.15) is 26.7 Å². The van der Waals surface area contributed by atoms with Crippen LogP contribution in [0.25, 0.3) is 0 Å². The van der Waals surface area contributed by atoms with Crippen LogP contribution in [0.3, 0.4) is 0 Å². The second-order valence-electron chi connectivity index (χ2n) is 4.44. The van der Waals surface area contributed by atoms with E-state index in [2.05, 4.69) is 5.32 Å². The molecule has 0 aromatic heterocycles. The van der Waals surface area contributed by atoms with Gasteiger partial charge in [-0.15, -0.1) is 0 Å². The van der Waals surface area contributed by atoms with Crippen molar-refractivity contribution in [3.63, 3.8) is 0 Å². The highest BCUT2D eigenvalue weighted by Crippen LogP contribution is 2.07. The van der Waals surface area contributed by atoms with Crippen molar-refractivity contribution in [1.29, 1.82) is 0 Å². The molecule has 17 heavy (non-hydrogen) atoms. The fourth-order valence-electron chi connectivity index (χ4n) is 2.07. The van der Waals surface area contributed by atoms with Crippen LogP contribution in [0.15, 0.2) is 0 Å². The minimum atomic E-state index is -2.96.